The molecule has 3 N–H and O–H groups in total. The first-order chi connectivity index (χ1) is 17.6. The number of hydrogen-bond donors (Lipinski definition) is 3. The van der Waals surface area contributed by atoms with Crippen molar-refractivity contribution in [1.82, 2.24) is 0 Å². The van der Waals surface area contributed by atoms with Crippen molar-refractivity contribution < 1.29 is 22.0 Å². The van der Waals surface area contributed by atoms with Gasteiger partial charge in [-0.25, -0.2) is 16.8 Å². The summed E-state index contributed by atoms with van der Waals surface area (Å²) in [6, 6.07) is 22.9. The number of benzene rings is 4. The molecule has 8 nitrogen and oxygen atoms in total. The lowest BCUT2D eigenvalue weighted by molar-refractivity contribution is 0.320. The molecule has 4 aromatic rings. The fourth-order valence-electron chi connectivity index (χ4n) is 4.17. The number of anilines is 2. The van der Waals surface area contributed by atoms with Gasteiger partial charge in [-0.05, 0) is 73.5 Å². The van der Waals surface area contributed by atoms with Gasteiger partial charge in [0.1, 0.15) is 5.71 Å². The summed E-state index contributed by atoms with van der Waals surface area (Å²) in [6.45, 7) is 3.81. The van der Waals surface area contributed by atoms with E-state index in [0.29, 0.717) is 33.6 Å². The van der Waals surface area contributed by atoms with Crippen LogP contribution in [0.1, 0.15) is 22.3 Å². The van der Waals surface area contributed by atoms with Gasteiger partial charge >= 0.3 is 0 Å². The van der Waals surface area contributed by atoms with Gasteiger partial charge in [-0.3, -0.25) is 9.44 Å². The van der Waals surface area contributed by atoms with Gasteiger partial charge in [-0.1, -0.05) is 52.7 Å². The maximum atomic E-state index is 13.0. The Morgan fingerprint density at radius 1 is 0.568 bits per heavy atom. The topological polar surface area (TPSA) is 125 Å². The number of fused-ring (bicyclic) bond motifs is 3. The Kier molecular flexibility index (Phi) is 6.01. The first-order valence-electron chi connectivity index (χ1n) is 11.3. The third-order valence-electron chi connectivity index (χ3n) is 6.11. The van der Waals surface area contributed by atoms with E-state index in [1.165, 1.54) is 24.3 Å². The largest absolute Gasteiger partial charge is 0.410 e. The van der Waals surface area contributed by atoms with Crippen molar-refractivity contribution in [3.63, 3.8) is 0 Å². The molecule has 0 atom stereocenters. The van der Waals surface area contributed by atoms with Gasteiger partial charge in [0.2, 0.25) is 0 Å². The highest BCUT2D eigenvalue weighted by molar-refractivity contribution is 7.93. The Balaban J connectivity index is 1.49. The molecule has 0 amide bonds. The summed E-state index contributed by atoms with van der Waals surface area (Å²) in [4.78, 5) is -0.0377. The number of aryl methyl sites for hydroxylation is 2. The average molecular weight is 534 g/mol. The van der Waals surface area contributed by atoms with Crippen molar-refractivity contribution in [3.8, 4) is 11.1 Å². The van der Waals surface area contributed by atoms with Gasteiger partial charge in [-0.2, -0.15) is 0 Å². The van der Waals surface area contributed by atoms with Crippen molar-refractivity contribution in [1.29, 1.82) is 0 Å². The lowest BCUT2D eigenvalue weighted by atomic mass is 10.1. The lowest BCUT2D eigenvalue weighted by Crippen LogP contribution is -2.14. The van der Waals surface area contributed by atoms with Crippen molar-refractivity contribution in [2.75, 3.05) is 9.44 Å². The third kappa shape index (κ3) is 4.68. The second-order valence-corrected chi connectivity index (χ2v) is 12.2. The minimum atomic E-state index is -3.93. The second kappa shape index (κ2) is 9.06. The normalized spacial score (nSPS) is 12.5. The molecule has 0 fully saturated rings. The van der Waals surface area contributed by atoms with Crippen LogP contribution in [-0.4, -0.2) is 27.8 Å². The first kappa shape index (κ1) is 24.5. The first-order valence-corrected chi connectivity index (χ1v) is 14.2. The fourth-order valence-corrected chi connectivity index (χ4v) is 6.34. The van der Waals surface area contributed by atoms with Crippen LogP contribution in [0.3, 0.4) is 0 Å². The number of oxime groups is 1. The van der Waals surface area contributed by atoms with Gasteiger partial charge in [0.15, 0.2) is 0 Å². The molecule has 188 valence electrons. The highest BCUT2D eigenvalue weighted by Gasteiger charge is 2.30. The molecule has 1 aliphatic rings. The summed E-state index contributed by atoms with van der Waals surface area (Å²) in [5, 5.41) is 13.2. The summed E-state index contributed by atoms with van der Waals surface area (Å²) in [6.07, 6.45) is 0. The van der Waals surface area contributed by atoms with Crippen LogP contribution in [0.4, 0.5) is 11.4 Å². The van der Waals surface area contributed by atoms with Crippen LogP contribution in [-0.2, 0) is 20.0 Å². The van der Waals surface area contributed by atoms with E-state index < -0.39 is 20.0 Å². The van der Waals surface area contributed by atoms with E-state index in [4.69, 9.17) is 0 Å². The molecule has 0 saturated carbocycles. The average Bonchev–Trinajstić information content (AvgIpc) is 3.19. The molecule has 0 aliphatic heterocycles. The van der Waals surface area contributed by atoms with Gasteiger partial charge in [0, 0.05) is 22.5 Å². The van der Waals surface area contributed by atoms with Crippen LogP contribution in [0.25, 0.3) is 11.1 Å². The van der Waals surface area contributed by atoms with Crippen LogP contribution >= 0.6 is 0 Å². The molecule has 0 spiro atoms. The van der Waals surface area contributed by atoms with Crippen LogP contribution in [0, 0.1) is 13.8 Å². The third-order valence-corrected chi connectivity index (χ3v) is 8.87. The molecule has 37 heavy (non-hydrogen) atoms. The monoisotopic (exact) mass is 533 g/mol. The maximum absolute atomic E-state index is 13.0. The predicted molar refractivity (Wildman–Crippen MR) is 143 cm³/mol. The van der Waals surface area contributed by atoms with Crippen LogP contribution < -0.4 is 9.44 Å². The van der Waals surface area contributed by atoms with Gasteiger partial charge in [0.05, 0.1) is 9.79 Å². The molecule has 0 heterocycles. The summed E-state index contributed by atoms with van der Waals surface area (Å²) in [5.74, 6) is 0. The number of nitrogens with one attached hydrogen (secondary N) is 2. The van der Waals surface area contributed by atoms with Crippen molar-refractivity contribution in [2.45, 2.75) is 23.6 Å². The maximum Gasteiger partial charge on any atom is 0.261 e. The zero-order chi connectivity index (χ0) is 26.4. The quantitative estimate of drug-likeness (QED) is 0.207. The summed E-state index contributed by atoms with van der Waals surface area (Å²) in [5.41, 5.74) is 4.94. The smallest absolute Gasteiger partial charge is 0.261 e. The van der Waals surface area contributed by atoms with E-state index in [1.807, 2.05) is 13.8 Å². The highest BCUT2D eigenvalue weighted by atomic mass is 32.2. The summed E-state index contributed by atoms with van der Waals surface area (Å²) >= 11 is 0. The second-order valence-electron chi connectivity index (χ2n) is 8.81. The van der Waals surface area contributed by atoms with Gasteiger partial charge in [0.25, 0.3) is 20.0 Å². The highest BCUT2D eigenvalue weighted by Crippen LogP contribution is 2.39. The van der Waals surface area contributed by atoms with E-state index in [0.717, 1.165) is 11.1 Å². The SMILES string of the molecule is Cc1ccc(NS(=O)(=O)c2ccc3c(c2)C(=NO)c2cc(S(=O)(=O)Nc4ccc(C)cc4)ccc2-3)cc1. The van der Waals surface area contributed by atoms with Crippen LogP contribution in [0.15, 0.2) is 99.9 Å². The number of hydrogen-bond acceptors (Lipinski definition) is 6. The van der Waals surface area contributed by atoms with Crippen LogP contribution in [0.5, 0.6) is 0 Å². The minimum absolute atomic E-state index is 0.0188. The molecule has 0 unspecified atom stereocenters. The standard InChI is InChI=1S/C27H23N3O5S2/c1-17-3-7-19(8-4-17)29-36(32,33)21-11-13-23-24-14-12-22(16-26(24)27(28-31)25(23)15-21)37(34,35)30-20-9-5-18(2)6-10-20/h3-16,29-31H,1-2H3. The molecular weight excluding hydrogens is 510 g/mol. The Morgan fingerprint density at radius 2 is 0.946 bits per heavy atom. The molecule has 0 radical (unpaired) electrons. The van der Waals surface area contributed by atoms with E-state index >= 15 is 0 Å². The number of rotatable bonds is 6. The molecular formula is C27H23N3O5S2. The zero-order valence-electron chi connectivity index (χ0n) is 19.9. The molecule has 1 aliphatic carbocycles. The predicted octanol–water partition coefficient (Wildman–Crippen LogP) is 5.11. The van der Waals surface area contributed by atoms with E-state index in [2.05, 4.69) is 14.6 Å². The Labute approximate surface area is 215 Å². The Morgan fingerprint density at radius 3 is 1.30 bits per heavy atom. The van der Waals surface area contributed by atoms with Crippen molar-refractivity contribution in [2.24, 2.45) is 5.16 Å². The molecule has 10 heteroatoms. The van der Waals surface area contributed by atoms with Crippen molar-refractivity contribution in [3.05, 3.63) is 107 Å². The minimum Gasteiger partial charge on any atom is -0.410 e. The Hall–Kier alpha value is -4.15. The zero-order valence-corrected chi connectivity index (χ0v) is 21.6. The fraction of sp³-hybridized carbons (Fsp3) is 0.0741. The van der Waals surface area contributed by atoms with E-state index in [9.17, 15) is 22.0 Å². The van der Waals surface area contributed by atoms with Gasteiger partial charge < -0.3 is 5.21 Å². The van der Waals surface area contributed by atoms with Crippen LogP contribution in [0.2, 0.25) is 0 Å². The Bertz CT molecular complexity index is 1630. The van der Waals surface area contributed by atoms with E-state index in [-0.39, 0.29) is 15.5 Å². The van der Waals surface area contributed by atoms with E-state index in [1.54, 1.807) is 60.7 Å². The molecule has 0 saturated heterocycles. The molecule has 0 aromatic heterocycles. The van der Waals surface area contributed by atoms with Gasteiger partial charge in [-0.15, -0.1) is 0 Å². The molecule has 5 rings (SSSR count). The number of nitrogens with zero attached hydrogens (tertiary/aromatic N) is 1. The summed E-state index contributed by atoms with van der Waals surface area (Å²) < 4.78 is 57.2. The lowest BCUT2D eigenvalue weighted by Gasteiger charge is -2.10. The summed E-state index contributed by atoms with van der Waals surface area (Å²) in [7, 11) is -7.86. The molecule has 4 aromatic carbocycles. The number of sulfonamides is 2. The molecule has 0 bridgehead atoms. The van der Waals surface area contributed by atoms with Crippen molar-refractivity contribution >= 4 is 37.1 Å².